The molecule has 2 N–H and O–H groups in total. The lowest BCUT2D eigenvalue weighted by molar-refractivity contribution is 0.414. The summed E-state index contributed by atoms with van der Waals surface area (Å²) in [6.07, 6.45) is 4.03. The van der Waals surface area contributed by atoms with E-state index in [0.717, 1.165) is 33.3 Å². The summed E-state index contributed by atoms with van der Waals surface area (Å²) in [5, 5.41) is 7.85. The lowest BCUT2D eigenvalue weighted by atomic mass is 10.0. The van der Waals surface area contributed by atoms with Crippen molar-refractivity contribution in [3.8, 4) is 5.75 Å². The SMILES string of the molecule is C=CCS[C@]1(Br)NC(c2ccc(OC)cc2)=C[C@H](c2ccccc2Cl)N1. The van der Waals surface area contributed by atoms with Crippen molar-refractivity contribution in [2.75, 3.05) is 12.9 Å². The Morgan fingerprint density at radius 2 is 2.00 bits per heavy atom. The molecule has 2 aromatic carbocycles. The Morgan fingerprint density at radius 1 is 1.27 bits per heavy atom. The molecule has 26 heavy (non-hydrogen) atoms. The summed E-state index contributed by atoms with van der Waals surface area (Å²) in [5.74, 6) is 1.62. The van der Waals surface area contributed by atoms with Crippen molar-refractivity contribution >= 4 is 45.0 Å². The summed E-state index contributed by atoms with van der Waals surface area (Å²) < 4.78 is 4.73. The molecule has 2 aromatic rings. The minimum atomic E-state index is -0.533. The first-order valence-corrected chi connectivity index (χ1v) is 10.3. The molecule has 0 radical (unpaired) electrons. The van der Waals surface area contributed by atoms with Crippen LogP contribution in [0.4, 0.5) is 0 Å². The van der Waals surface area contributed by atoms with Crippen LogP contribution in [-0.2, 0) is 0 Å². The second-order valence-corrected chi connectivity index (χ2v) is 9.13. The molecule has 0 bridgehead atoms. The van der Waals surface area contributed by atoms with Gasteiger partial charge in [0.05, 0.1) is 13.2 Å². The van der Waals surface area contributed by atoms with Gasteiger partial charge in [0.2, 0.25) is 0 Å². The fourth-order valence-corrected chi connectivity index (χ4v) is 4.59. The Labute approximate surface area is 172 Å². The van der Waals surface area contributed by atoms with Gasteiger partial charge in [-0.25, -0.2) is 0 Å². The minimum absolute atomic E-state index is 0.0428. The van der Waals surface area contributed by atoms with Gasteiger partial charge in [-0.2, -0.15) is 0 Å². The van der Waals surface area contributed by atoms with Crippen LogP contribution >= 0.6 is 39.3 Å². The Bertz CT molecular complexity index is 812. The standard InChI is InChI=1S/C20H20BrClN2OS/c1-3-12-26-20(21)23-18(14-8-10-15(25-2)11-9-14)13-19(24-20)16-6-4-5-7-17(16)22/h3-11,13,19,23-24H,1,12H2,2H3/t19-,20-/m1/s1. The fraction of sp³-hybridized carbons (Fsp3) is 0.200. The van der Waals surface area contributed by atoms with E-state index >= 15 is 0 Å². The van der Waals surface area contributed by atoms with Crippen LogP contribution in [0, 0.1) is 0 Å². The van der Waals surface area contributed by atoms with Gasteiger partial charge in [0, 0.05) is 16.5 Å². The summed E-state index contributed by atoms with van der Waals surface area (Å²) in [7, 11) is 1.67. The van der Waals surface area contributed by atoms with E-state index in [4.69, 9.17) is 16.3 Å². The van der Waals surface area contributed by atoms with Crippen LogP contribution < -0.4 is 15.4 Å². The number of alkyl halides is 1. The first kappa shape index (κ1) is 19.4. The Morgan fingerprint density at radius 3 is 2.65 bits per heavy atom. The molecule has 0 saturated carbocycles. The van der Waals surface area contributed by atoms with Gasteiger partial charge in [-0.05, 0) is 63.5 Å². The van der Waals surface area contributed by atoms with Crippen molar-refractivity contribution in [3.05, 3.63) is 83.4 Å². The molecule has 0 amide bonds. The van der Waals surface area contributed by atoms with Gasteiger partial charge in [0.25, 0.3) is 0 Å². The summed E-state index contributed by atoms with van der Waals surface area (Å²) in [4.78, 5) is 0. The maximum absolute atomic E-state index is 6.44. The largest absolute Gasteiger partial charge is 0.497 e. The van der Waals surface area contributed by atoms with Crippen molar-refractivity contribution in [1.29, 1.82) is 0 Å². The molecule has 0 aromatic heterocycles. The molecule has 1 aliphatic heterocycles. The quantitative estimate of drug-likeness (QED) is 0.343. The zero-order valence-electron chi connectivity index (χ0n) is 14.3. The Hall–Kier alpha value is -1.40. The number of hydrogen-bond donors (Lipinski definition) is 2. The number of methoxy groups -OCH3 is 1. The highest BCUT2D eigenvalue weighted by Gasteiger charge is 2.35. The van der Waals surface area contributed by atoms with Crippen molar-refractivity contribution < 1.29 is 4.74 Å². The molecule has 6 heteroatoms. The smallest absolute Gasteiger partial charge is 0.195 e. The third-order valence-electron chi connectivity index (χ3n) is 4.01. The first-order valence-electron chi connectivity index (χ1n) is 8.15. The highest BCUT2D eigenvalue weighted by Crippen LogP contribution is 2.39. The summed E-state index contributed by atoms with van der Waals surface area (Å²) >= 11 is 11.9. The molecule has 0 unspecified atom stereocenters. The van der Waals surface area contributed by atoms with Crippen LogP contribution in [0.3, 0.4) is 0 Å². The molecule has 3 nitrogen and oxygen atoms in total. The molecule has 0 saturated heterocycles. The molecule has 1 heterocycles. The van der Waals surface area contributed by atoms with Crippen LogP contribution in [0.15, 0.2) is 67.3 Å². The lowest BCUT2D eigenvalue weighted by Gasteiger charge is -2.39. The number of nitrogens with one attached hydrogen (secondary N) is 2. The zero-order valence-corrected chi connectivity index (χ0v) is 17.5. The molecule has 0 aliphatic carbocycles. The molecule has 0 spiro atoms. The molecule has 136 valence electrons. The minimum Gasteiger partial charge on any atom is -0.497 e. The highest BCUT2D eigenvalue weighted by molar-refractivity contribution is 9.11. The monoisotopic (exact) mass is 450 g/mol. The van der Waals surface area contributed by atoms with Gasteiger partial charge in [-0.15, -0.1) is 18.3 Å². The van der Waals surface area contributed by atoms with Crippen molar-refractivity contribution in [2.24, 2.45) is 0 Å². The number of ether oxygens (including phenoxy) is 1. The van der Waals surface area contributed by atoms with E-state index in [1.165, 1.54) is 0 Å². The number of hydrogen-bond acceptors (Lipinski definition) is 4. The third kappa shape index (κ3) is 4.46. The number of rotatable bonds is 6. The van der Waals surface area contributed by atoms with E-state index < -0.39 is 3.90 Å². The van der Waals surface area contributed by atoms with Crippen LogP contribution in [0.25, 0.3) is 5.70 Å². The van der Waals surface area contributed by atoms with Crippen LogP contribution in [0.2, 0.25) is 5.02 Å². The van der Waals surface area contributed by atoms with E-state index in [2.05, 4.69) is 39.2 Å². The predicted molar refractivity (Wildman–Crippen MR) is 116 cm³/mol. The number of halogens is 2. The van der Waals surface area contributed by atoms with Crippen molar-refractivity contribution in [2.45, 2.75) is 9.95 Å². The molecule has 1 aliphatic rings. The molecule has 3 rings (SSSR count). The summed E-state index contributed by atoms with van der Waals surface area (Å²) in [6.45, 7) is 3.82. The van der Waals surface area contributed by atoms with Gasteiger partial charge < -0.3 is 10.1 Å². The van der Waals surface area contributed by atoms with Crippen molar-refractivity contribution in [1.82, 2.24) is 10.6 Å². The number of thioether (sulfide) groups is 1. The van der Waals surface area contributed by atoms with E-state index in [1.807, 2.05) is 54.6 Å². The number of benzene rings is 2. The third-order valence-corrected chi connectivity index (χ3v) is 6.49. The van der Waals surface area contributed by atoms with E-state index in [1.54, 1.807) is 18.9 Å². The van der Waals surface area contributed by atoms with Gasteiger partial charge in [-0.3, -0.25) is 5.32 Å². The molecular formula is C20H20BrClN2OS. The van der Waals surface area contributed by atoms with Crippen molar-refractivity contribution in [3.63, 3.8) is 0 Å². The lowest BCUT2D eigenvalue weighted by Crippen LogP contribution is -2.52. The zero-order chi connectivity index (χ0) is 18.6. The van der Waals surface area contributed by atoms with Crippen LogP contribution in [-0.4, -0.2) is 16.8 Å². The Kier molecular flexibility index (Phi) is 6.35. The van der Waals surface area contributed by atoms with E-state index in [0.29, 0.717) is 0 Å². The van der Waals surface area contributed by atoms with Gasteiger partial charge >= 0.3 is 0 Å². The van der Waals surface area contributed by atoms with Gasteiger partial charge in [0.1, 0.15) is 5.75 Å². The molecule has 0 fully saturated rings. The first-order chi connectivity index (χ1) is 12.5. The van der Waals surface area contributed by atoms with E-state index in [9.17, 15) is 0 Å². The maximum atomic E-state index is 6.44. The topological polar surface area (TPSA) is 33.3 Å². The van der Waals surface area contributed by atoms with Gasteiger partial charge in [-0.1, -0.05) is 35.9 Å². The predicted octanol–water partition coefficient (Wildman–Crippen LogP) is 5.55. The summed E-state index contributed by atoms with van der Waals surface area (Å²) in [6, 6.07) is 15.8. The van der Waals surface area contributed by atoms with Gasteiger partial charge in [0.15, 0.2) is 3.90 Å². The summed E-state index contributed by atoms with van der Waals surface area (Å²) in [5.41, 5.74) is 3.13. The second-order valence-electron chi connectivity index (χ2n) is 5.77. The van der Waals surface area contributed by atoms with Crippen LogP contribution in [0.5, 0.6) is 5.75 Å². The molecule has 2 atom stereocenters. The maximum Gasteiger partial charge on any atom is 0.195 e. The average molecular weight is 452 g/mol. The normalized spacial score (nSPS) is 22.3. The Balaban J connectivity index is 1.99. The highest BCUT2D eigenvalue weighted by atomic mass is 79.9. The fourth-order valence-electron chi connectivity index (χ4n) is 2.74. The average Bonchev–Trinajstić information content (AvgIpc) is 2.66. The molecular weight excluding hydrogens is 432 g/mol. The van der Waals surface area contributed by atoms with E-state index in [-0.39, 0.29) is 6.04 Å². The van der Waals surface area contributed by atoms with Crippen LogP contribution in [0.1, 0.15) is 17.2 Å². The second kappa shape index (κ2) is 8.53.